The number of benzene rings is 1. The van der Waals surface area contributed by atoms with Gasteiger partial charge in [0.05, 0.1) is 46.2 Å². The Balaban J connectivity index is -0.000000176. The molecule has 2 rings (SSSR count). The van der Waals surface area contributed by atoms with Crippen LogP contribution in [0.3, 0.4) is 0 Å². The second-order valence-electron chi connectivity index (χ2n) is 13.6. The highest BCUT2D eigenvalue weighted by Crippen LogP contribution is 2.16. The second-order valence-corrected chi connectivity index (χ2v) is 13.6. The maximum Gasteiger partial charge on any atom is 0.410 e. The molecule has 1 saturated heterocycles. The van der Waals surface area contributed by atoms with Gasteiger partial charge < -0.3 is 58.4 Å². The molecule has 0 radical (unpaired) electrons. The van der Waals surface area contributed by atoms with Crippen LogP contribution in [0.5, 0.6) is 0 Å². The van der Waals surface area contributed by atoms with Crippen molar-refractivity contribution in [2.45, 2.75) is 109 Å². The van der Waals surface area contributed by atoms with E-state index in [1.165, 1.54) is 35.0 Å². The molecule has 1 aliphatic rings. The van der Waals surface area contributed by atoms with Crippen molar-refractivity contribution in [3.8, 4) is 0 Å². The summed E-state index contributed by atoms with van der Waals surface area (Å²) in [5.41, 5.74) is 1.66. The zero-order chi connectivity index (χ0) is 57.0. The van der Waals surface area contributed by atoms with E-state index in [2.05, 4.69) is 63.5 Å². The molecule has 22 nitrogen and oxygen atoms in total. The number of rotatable bonds is 19. The first kappa shape index (κ1) is 76.8. The van der Waals surface area contributed by atoms with Crippen LogP contribution in [0.2, 0.25) is 0 Å². The molecule has 0 spiro atoms. The van der Waals surface area contributed by atoms with Gasteiger partial charge in [-0.3, -0.25) is 24.1 Å². The van der Waals surface area contributed by atoms with Crippen LogP contribution in [0.25, 0.3) is 0 Å². The van der Waals surface area contributed by atoms with E-state index in [0.717, 1.165) is 19.6 Å². The summed E-state index contributed by atoms with van der Waals surface area (Å²) in [5, 5.41) is 14.6. The lowest BCUT2D eigenvalue weighted by atomic mass is 10.2. The Morgan fingerprint density at radius 1 is 0.625 bits per heavy atom. The standard InChI is InChI=1S/C9H17NO3.C9H10O2.C8H13NO4.C6H11NO2.C6H10O2.3C4H8O2/c1-4-10-5-8(11)6-13-9(12)7(2)3;1-2-11-9(10)8-6-4-3-5-7-8;1-4-9-8(11)13-5-12-7(10)6(2)3;1-3-7-4-5(7)6(8)9-2;1-4-8-6(7)5(2)3;1-3-4(5)6-2;2*1-3-6-4(2)5/h8,10-11H,2,4-6H2,1,3H3;3-7H,2H2,1H3;2,4-5H2,1,3H3,(H,9,11);5H,3-4H2,1-2H3;2,4H2,1,3H3;3*3H2,1-2H3. The molecule has 0 aliphatic carbocycles. The number of nitrogens with zero attached hydrogens (tertiary/aromatic N) is 1. The lowest BCUT2D eigenvalue weighted by molar-refractivity contribution is -0.147. The van der Waals surface area contributed by atoms with Crippen LogP contribution in [0.15, 0.2) is 66.8 Å². The van der Waals surface area contributed by atoms with Crippen LogP contribution in [0, 0.1) is 0 Å². The number of hydrogen-bond acceptors (Lipinski definition) is 21. The Labute approximate surface area is 427 Å². The fraction of sp³-hybridized carbons (Fsp3) is 0.580. The van der Waals surface area contributed by atoms with Crippen LogP contribution < -0.4 is 10.6 Å². The van der Waals surface area contributed by atoms with Crippen LogP contribution in [0.1, 0.15) is 107 Å². The lowest BCUT2D eigenvalue weighted by Gasteiger charge is -2.11. The van der Waals surface area contributed by atoms with E-state index in [1.807, 2.05) is 36.9 Å². The molecule has 1 heterocycles. The number of carbonyl (C=O) groups is 9. The number of ether oxygens (including phenoxy) is 9. The molecule has 0 saturated carbocycles. The van der Waals surface area contributed by atoms with Crippen LogP contribution in [-0.4, -0.2) is 163 Å². The van der Waals surface area contributed by atoms with Gasteiger partial charge in [0.25, 0.3) is 0 Å². The number of hydrogen-bond donors (Lipinski definition) is 3. The van der Waals surface area contributed by atoms with Crippen molar-refractivity contribution in [1.82, 2.24) is 15.5 Å². The number of methoxy groups -OCH3 is 2. The topological polar surface area (TPSA) is 284 Å². The van der Waals surface area contributed by atoms with Gasteiger partial charge in [0.15, 0.2) is 0 Å². The fourth-order valence-corrected chi connectivity index (χ4v) is 3.60. The fourth-order valence-electron chi connectivity index (χ4n) is 3.60. The molecule has 1 aromatic rings. The number of amides is 1. The Hall–Kier alpha value is -6.65. The molecule has 1 aliphatic heterocycles. The zero-order valence-corrected chi connectivity index (χ0v) is 45.4. The normalized spacial score (nSPS) is 12.0. The maximum absolute atomic E-state index is 11.0. The third-order valence-corrected chi connectivity index (χ3v) is 7.15. The summed E-state index contributed by atoms with van der Waals surface area (Å²) >= 11 is 0. The Bertz CT molecular complexity index is 1680. The van der Waals surface area contributed by atoms with Gasteiger partial charge in [0, 0.05) is 56.6 Å². The van der Waals surface area contributed by atoms with Crippen molar-refractivity contribution in [3.05, 3.63) is 72.4 Å². The summed E-state index contributed by atoms with van der Waals surface area (Å²) in [6.45, 7) is 37.2. The molecule has 1 amide bonds. The number of esters is 8. The van der Waals surface area contributed by atoms with Crippen molar-refractivity contribution in [1.29, 1.82) is 0 Å². The van der Waals surface area contributed by atoms with E-state index in [-0.39, 0.29) is 54.0 Å². The van der Waals surface area contributed by atoms with Gasteiger partial charge in [0.2, 0.25) is 6.79 Å². The molecular weight excluding hydrogens is 947 g/mol. The van der Waals surface area contributed by atoms with E-state index in [0.29, 0.717) is 62.6 Å². The number of alkyl carbamates (subject to hydrolysis) is 1. The molecule has 414 valence electrons. The molecule has 0 aromatic heterocycles. The minimum atomic E-state index is -0.650. The molecule has 3 unspecified atom stereocenters. The maximum atomic E-state index is 11.0. The highest BCUT2D eigenvalue weighted by atomic mass is 16.7. The van der Waals surface area contributed by atoms with Gasteiger partial charge in [-0.1, -0.05) is 58.7 Å². The average molecular weight is 1030 g/mol. The van der Waals surface area contributed by atoms with E-state index in [9.17, 15) is 48.3 Å². The summed E-state index contributed by atoms with van der Waals surface area (Å²) in [7, 11) is 2.81. The zero-order valence-electron chi connectivity index (χ0n) is 45.4. The summed E-state index contributed by atoms with van der Waals surface area (Å²) in [6.07, 6.45) is -0.795. The van der Waals surface area contributed by atoms with Gasteiger partial charge >= 0.3 is 53.8 Å². The molecule has 3 N–H and O–H groups in total. The number of carbonyl (C=O) groups excluding carboxylic acids is 9. The average Bonchev–Trinajstić information content (AvgIpc) is 4.14. The van der Waals surface area contributed by atoms with Crippen molar-refractivity contribution in [2.24, 2.45) is 0 Å². The molecule has 1 aromatic carbocycles. The predicted molar refractivity (Wildman–Crippen MR) is 270 cm³/mol. The molecule has 72 heavy (non-hydrogen) atoms. The van der Waals surface area contributed by atoms with Gasteiger partial charge in [0.1, 0.15) is 18.8 Å². The first-order chi connectivity index (χ1) is 33.8. The number of aliphatic hydroxyl groups excluding tert-OH is 1. The summed E-state index contributed by atoms with van der Waals surface area (Å²) < 4.78 is 40.6. The van der Waals surface area contributed by atoms with Gasteiger partial charge in [-0.15, -0.1) is 0 Å². The summed E-state index contributed by atoms with van der Waals surface area (Å²) in [4.78, 5) is 96.0. The Morgan fingerprint density at radius 3 is 1.39 bits per heavy atom. The van der Waals surface area contributed by atoms with E-state index < -0.39 is 30.9 Å². The highest BCUT2D eigenvalue weighted by Gasteiger charge is 2.39. The quantitative estimate of drug-likeness (QED) is 0.0511. The molecular formula is C50H85N3O19. The van der Waals surface area contributed by atoms with Gasteiger partial charge in [-0.25, -0.2) is 24.0 Å². The van der Waals surface area contributed by atoms with Crippen LogP contribution in [-0.2, 0) is 76.2 Å². The first-order valence-corrected chi connectivity index (χ1v) is 23.0. The van der Waals surface area contributed by atoms with E-state index in [4.69, 9.17) is 9.47 Å². The summed E-state index contributed by atoms with van der Waals surface area (Å²) in [6, 6.07) is 9.03. The van der Waals surface area contributed by atoms with Crippen molar-refractivity contribution >= 4 is 53.8 Å². The van der Waals surface area contributed by atoms with Crippen molar-refractivity contribution < 1.29 is 90.9 Å². The minimum Gasteiger partial charge on any atom is -0.469 e. The minimum absolute atomic E-state index is 0.0126. The van der Waals surface area contributed by atoms with E-state index in [1.54, 1.807) is 67.5 Å². The number of likely N-dealkylation sites (N-methyl/N-ethyl adjacent to an activating group) is 2. The largest absolute Gasteiger partial charge is 0.469 e. The van der Waals surface area contributed by atoms with Gasteiger partial charge in [-0.2, -0.15) is 0 Å². The van der Waals surface area contributed by atoms with Crippen molar-refractivity contribution in [3.63, 3.8) is 0 Å². The Morgan fingerprint density at radius 2 is 1.08 bits per heavy atom. The molecule has 0 bridgehead atoms. The third kappa shape index (κ3) is 57.7. The van der Waals surface area contributed by atoms with Crippen molar-refractivity contribution in [2.75, 3.05) is 86.8 Å². The lowest BCUT2D eigenvalue weighted by Crippen LogP contribution is -2.31. The van der Waals surface area contributed by atoms with Gasteiger partial charge in [-0.05, 0) is 80.6 Å². The third-order valence-electron chi connectivity index (χ3n) is 7.15. The molecule has 22 heteroatoms. The Kier molecular flexibility index (Phi) is 57.3. The first-order valence-electron chi connectivity index (χ1n) is 23.0. The number of aliphatic hydroxyl groups is 1. The summed E-state index contributed by atoms with van der Waals surface area (Å²) in [5.74, 6) is -2.29. The number of nitrogens with one attached hydrogen (secondary N) is 2. The van der Waals surface area contributed by atoms with Crippen LogP contribution in [0.4, 0.5) is 4.79 Å². The van der Waals surface area contributed by atoms with Crippen LogP contribution >= 0.6 is 0 Å². The molecule has 1 fully saturated rings. The highest BCUT2D eigenvalue weighted by molar-refractivity contribution is 5.89. The molecule has 3 atom stereocenters. The second kappa shape index (κ2) is 53.7. The smallest absolute Gasteiger partial charge is 0.410 e. The van der Waals surface area contributed by atoms with E-state index >= 15 is 0 Å². The predicted octanol–water partition coefficient (Wildman–Crippen LogP) is 5.45. The monoisotopic (exact) mass is 1030 g/mol. The SMILES string of the molecule is C=C(C)C(=O)OCC.C=C(C)C(=O)OCC(O)CNCC.C=C(C)C(=O)OCOC(=O)NCC.CCC(=O)OC.CCN1CC1C(=O)OC.CCOC(=O)c1ccccc1.CCOC(C)=O.CCOC(C)=O.